The summed E-state index contributed by atoms with van der Waals surface area (Å²) in [6, 6.07) is 76.6. The van der Waals surface area contributed by atoms with Crippen molar-refractivity contribution in [3.8, 4) is 73.0 Å². The lowest BCUT2D eigenvalue weighted by Gasteiger charge is -2.22. The molecule has 292 valence electrons. The van der Waals surface area contributed by atoms with E-state index in [4.69, 9.17) is 9.97 Å². The van der Waals surface area contributed by atoms with Crippen LogP contribution in [0, 0.1) is 0 Å². The Morgan fingerprint density at radius 3 is 1.63 bits per heavy atom. The normalized spacial score (nSPS) is 12.8. The van der Waals surface area contributed by atoms with Gasteiger partial charge in [0.05, 0.1) is 22.4 Å². The summed E-state index contributed by atoms with van der Waals surface area (Å²) in [4.78, 5) is 10.8. The van der Waals surface area contributed by atoms with E-state index < -0.39 is 0 Å². The van der Waals surface area contributed by atoms with Gasteiger partial charge in [-0.15, -0.1) is 0 Å². The van der Waals surface area contributed by atoms with Crippen LogP contribution in [0.3, 0.4) is 0 Å². The maximum atomic E-state index is 5.39. The molecule has 0 saturated heterocycles. The third-order valence-corrected chi connectivity index (χ3v) is 13.0. The molecule has 3 nitrogen and oxygen atoms in total. The predicted molar refractivity (Wildman–Crippen MR) is 259 cm³/mol. The zero-order chi connectivity index (χ0) is 41.4. The second-order valence-electron chi connectivity index (χ2n) is 17.0. The van der Waals surface area contributed by atoms with E-state index in [-0.39, 0.29) is 5.41 Å². The van der Waals surface area contributed by atoms with Crippen molar-refractivity contribution in [3.05, 3.63) is 223 Å². The van der Waals surface area contributed by atoms with Gasteiger partial charge in [-0.3, -0.25) is 0 Å². The summed E-state index contributed by atoms with van der Waals surface area (Å²) in [5, 5.41) is 4.95. The van der Waals surface area contributed by atoms with E-state index in [0.717, 1.165) is 39.3 Å². The lowest BCUT2D eigenvalue weighted by Crippen LogP contribution is -2.14. The number of hydrogen-bond donors (Lipinski definition) is 0. The van der Waals surface area contributed by atoms with Crippen molar-refractivity contribution in [1.82, 2.24) is 14.5 Å². The number of nitrogens with zero attached hydrogens (tertiary/aromatic N) is 3. The highest BCUT2D eigenvalue weighted by molar-refractivity contribution is 6.09. The largest absolute Gasteiger partial charge is 0.309 e. The molecule has 11 aromatic rings. The molecule has 0 bridgehead atoms. The van der Waals surface area contributed by atoms with Gasteiger partial charge in [-0.25, -0.2) is 9.97 Å². The highest BCUT2D eigenvalue weighted by Crippen LogP contribution is 2.49. The lowest BCUT2D eigenvalue weighted by atomic mass is 9.82. The fraction of sp³-hybridized carbons (Fsp3) is 0.0508. The summed E-state index contributed by atoms with van der Waals surface area (Å²) >= 11 is 0. The van der Waals surface area contributed by atoms with Gasteiger partial charge < -0.3 is 4.57 Å². The molecule has 0 spiro atoms. The highest BCUT2D eigenvalue weighted by atomic mass is 15.0. The molecule has 0 aliphatic heterocycles. The van der Waals surface area contributed by atoms with Crippen LogP contribution in [-0.4, -0.2) is 14.5 Å². The molecule has 62 heavy (non-hydrogen) atoms. The van der Waals surface area contributed by atoms with Crippen LogP contribution in [0.25, 0.3) is 106 Å². The van der Waals surface area contributed by atoms with Gasteiger partial charge in [-0.05, 0) is 91.7 Å². The van der Waals surface area contributed by atoms with Crippen LogP contribution in [0.5, 0.6) is 0 Å². The van der Waals surface area contributed by atoms with Gasteiger partial charge in [0.2, 0.25) is 0 Å². The van der Waals surface area contributed by atoms with Gasteiger partial charge in [0, 0.05) is 38.6 Å². The monoisotopic (exact) mass is 791 g/mol. The van der Waals surface area contributed by atoms with Gasteiger partial charge in [-0.2, -0.15) is 0 Å². The van der Waals surface area contributed by atoms with E-state index >= 15 is 0 Å². The van der Waals surface area contributed by atoms with Crippen molar-refractivity contribution in [1.29, 1.82) is 0 Å². The Bertz CT molecular complexity index is 3480. The Morgan fingerprint density at radius 1 is 0.371 bits per heavy atom. The minimum Gasteiger partial charge on any atom is -0.309 e. The first kappa shape index (κ1) is 36.0. The summed E-state index contributed by atoms with van der Waals surface area (Å²) in [6.07, 6.45) is 0. The van der Waals surface area contributed by atoms with E-state index in [0.29, 0.717) is 5.82 Å². The number of aromatic nitrogens is 3. The Hall–Kier alpha value is -7.88. The van der Waals surface area contributed by atoms with Crippen molar-refractivity contribution >= 4 is 32.6 Å². The first-order valence-electron chi connectivity index (χ1n) is 21.4. The molecule has 0 fully saturated rings. The molecule has 2 aromatic heterocycles. The third-order valence-electron chi connectivity index (χ3n) is 13.0. The molecule has 1 aliphatic rings. The van der Waals surface area contributed by atoms with Crippen LogP contribution in [0.1, 0.15) is 25.0 Å². The fourth-order valence-electron chi connectivity index (χ4n) is 9.98. The van der Waals surface area contributed by atoms with Crippen molar-refractivity contribution in [2.75, 3.05) is 0 Å². The van der Waals surface area contributed by atoms with Crippen LogP contribution >= 0.6 is 0 Å². The number of para-hydroxylation sites is 2. The summed E-state index contributed by atoms with van der Waals surface area (Å²) in [6.45, 7) is 4.66. The minimum atomic E-state index is -0.130. The van der Waals surface area contributed by atoms with Gasteiger partial charge >= 0.3 is 0 Å². The van der Waals surface area contributed by atoms with E-state index in [9.17, 15) is 0 Å². The Morgan fingerprint density at radius 2 is 0.903 bits per heavy atom. The molecule has 0 radical (unpaired) electrons. The Balaban J connectivity index is 1.01. The number of benzene rings is 9. The number of hydrogen-bond acceptors (Lipinski definition) is 2. The minimum absolute atomic E-state index is 0.130. The summed E-state index contributed by atoms with van der Waals surface area (Å²) < 4.78 is 2.36. The standard InChI is InChI=1S/C59H41N3/c1-59(2)51-26-9-6-21-47(51)48-34-33-42(36-52(48)59)54-37-53(40-31-29-39(30-32-40)46-25-14-18-41-17-13-24-45(57(41)46)38-15-4-3-5-16-38)60-58(61-54)43-19-12-20-44(35-43)62-55-27-10-7-22-49(55)50-23-8-11-28-56(50)62/h3-37H,1-2H3. The van der Waals surface area contributed by atoms with Crippen molar-refractivity contribution in [3.63, 3.8) is 0 Å². The zero-order valence-electron chi connectivity index (χ0n) is 34.5. The zero-order valence-corrected chi connectivity index (χ0v) is 34.5. The van der Waals surface area contributed by atoms with Crippen molar-refractivity contribution in [2.24, 2.45) is 0 Å². The van der Waals surface area contributed by atoms with Gasteiger partial charge in [-0.1, -0.05) is 190 Å². The molecule has 12 rings (SSSR count). The molecule has 0 N–H and O–H groups in total. The first-order valence-corrected chi connectivity index (χ1v) is 21.4. The molecule has 1 aliphatic carbocycles. The second kappa shape index (κ2) is 14.1. The molecule has 3 heteroatoms. The van der Waals surface area contributed by atoms with Gasteiger partial charge in [0.1, 0.15) is 0 Å². The SMILES string of the molecule is CC1(C)c2ccccc2-c2ccc(-c3cc(-c4ccc(-c5cccc6cccc(-c7ccccc7)c56)cc4)nc(-c4cccc(-n5c6ccccc6c6ccccc65)c4)n3)cc21. The predicted octanol–water partition coefficient (Wildman–Crippen LogP) is 15.4. The lowest BCUT2D eigenvalue weighted by molar-refractivity contribution is 0.660. The summed E-state index contributed by atoms with van der Waals surface area (Å²) in [7, 11) is 0. The van der Waals surface area contributed by atoms with E-state index in [2.05, 4.69) is 231 Å². The molecule has 0 atom stereocenters. The molecule has 0 amide bonds. The molecular formula is C59H41N3. The van der Waals surface area contributed by atoms with E-state index in [1.807, 2.05) is 0 Å². The fourth-order valence-corrected chi connectivity index (χ4v) is 9.98. The topological polar surface area (TPSA) is 30.7 Å². The average Bonchev–Trinajstić information content (AvgIpc) is 3.79. The molecule has 2 heterocycles. The number of fused-ring (bicyclic) bond motifs is 7. The van der Waals surface area contributed by atoms with Crippen LogP contribution in [0.15, 0.2) is 212 Å². The summed E-state index contributed by atoms with van der Waals surface area (Å²) in [5.41, 5.74) is 18.2. The first-order chi connectivity index (χ1) is 30.5. The second-order valence-corrected chi connectivity index (χ2v) is 17.0. The molecule has 0 unspecified atom stereocenters. The van der Waals surface area contributed by atoms with Crippen LogP contribution in [0.4, 0.5) is 0 Å². The molecule has 0 saturated carbocycles. The highest BCUT2D eigenvalue weighted by Gasteiger charge is 2.35. The quantitative estimate of drug-likeness (QED) is 0.168. The molecule has 9 aromatic carbocycles. The van der Waals surface area contributed by atoms with Crippen LogP contribution in [-0.2, 0) is 5.41 Å². The van der Waals surface area contributed by atoms with Crippen LogP contribution in [0.2, 0.25) is 0 Å². The van der Waals surface area contributed by atoms with Crippen molar-refractivity contribution in [2.45, 2.75) is 19.3 Å². The summed E-state index contributed by atoms with van der Waals surface area (Å²) in [5.74, 6) is 0.689. The van der Waals surface area contributed by atoms with Crippen molar-refractivity contribution < 1.29 is 0 Å². The Kier molecular flexibility index (Phi) is 8.20. The smallest absolute Gasteiger partial charge is 0.160 e. The Labute approximate surface area is 361 Å². The van der Waals surface area contributed by atoms with Gasteiger partial charge in [0.25, 0.3) is 0 Å². The third kappa shape index (κ3) is 5.73. The maximum Gasteiger partial charge on any atom is 0.160 e. The maximum absolute atomic E-state index is 5.39. The van der Waals surface area contributed by atoms with Gasteiger partial charge in [0.15, 0.2) is 5.82 Å². The molecular weight excluding hydrogens is 751 g/mol. The van der Waals surface area contributed by atoms with E-state index in [1.54, 1.807) is 0 Å². The average molecular weight is 792 g/mol. The van der Waals surface area contributed by atoms with E-state index in [1.165, 1.54) is 71.5 Å². The number of rotatable bonds is 6. The van der Waals surface area contributed by atoms with Crippen LogP contribution < -0.4 is 0 Å².